The highest BCUT2D eigenvalue weighted by atomic mass is 16.6. The van der Waals surface area contributed by atoms with Crippen LogP contribution in [-0.4, -0.2) is 55.8 Å². The summed E-state index contributed by atoms with van der Waals surface area (Å²) in [7, 11) is 1.88. The minimum Gasteiger partial charge on any atom is -0.353 e. The normalized spacial score (nSPS) is 15.5. The third-order valence-electron chi connectivity index (χ3n) is 4.73. The average molecular weight is 353 g/mol. The predicted molar refractivity (Wildman–Crippen MR) is 96.9 cm³/mol. The Kier molecular flexibility index (Phi) is 4.21. The molecule has 134 valence electrons. The maximum absolute atomic E-state index is 10.7. The highest BCUT2D eigenvalue weighted by Gasteiger charge is 2.21. The van der Waals surface area contributed by atoms with Crippen LogP contribution < -0.4 is 4.90 Å². The quantitative estimate of drug-likeness (QED) is 0.519. The zero-order valence-corrected chi connectivity index (χ0v) is 14.4. The van der Waals surface area contributed by atoms with Crippen molar-refractivity contribution in [3.63, 3.8) is 0 Å². The van der Waals surface area contributed by atoms with Crippen molar-refractivity contribution in [2.45, 2.75) is 6.54 Å². The highest BCUT2D eigenvalue weighted by molar-refractivity contribution is 5.86. The number of nitrogens with zero attached hydrogens (tertiary/aromatic N) is 7. The van der Waals surface area contributed by atoms with Crippen LogP contribution in [0.25, 0.3) is 11.0 Å². The van der Waals surface area contributed by atoms with Gasteiger partial charge in [0.1, 0.15) is 12.1 Å². The first kappa shape index (κ1) is 16.4. The molecule has 0 aliphatic carbocycles. The molecule has 0 unspecified atom stereocenters. The van der Waals surface area contributed by atoms with E-state index in [1.807, 2.05) is 25.4 Å². The van der Waals surface area contributed by atoms with Crippen molar-refractivity contribution < 1.29 is 4.92 Å². The van der Waals surface area contributed by atoms with Gasteiger partial charge in [0, 0.05) is 51.9 Å². The van der Waals surface area contributed by atoms with Gasteiger partial charge in [-0.05, 0) is 5.56 Å². The molecule has 4 rings (SSSR count). The lowest BCUT2D eigenvalue weighted by molar-refractivity contribution is -0.384. The second-order valence-electron chi connectivity index (χ2n) is 6.39. The summed E-state index contributed by atoms with van der Waals surface area (Å²) < 4.78 is 1.76. The number of hydrogen-bond acceptors (Lipinski definition) is 7. The lowest BCUT2D eigenvalue weighted by atomic mass is 10.2. The van der Waals surface area contributed by atoms with Crippen LogP contribution in [-0.2, 0) is 13.6 Å². The molecular formula is C17H19N7O2. The molecule has 9 nitrogen and oxygen atoms in total. The molecule has 26 heavy (non-hydrogen) atoms. The fourth-order valence-corrected chi connectivity index (χ4v) is 3.30. The average Bonchev–Trinajstić information content (AvgIpc) is 3.04. The summed E-state index contributed by atoms with van der Waals surface area (Å²) in [5.41, 5.74) is 2.05. The van der Waals surface area contributed by atoms with Crippen molar-refractivity contribution in [1.29, 1.82) is 0 Å². The van der Waals surface area contributed by atoms with Gasteiger partial charge in [-0.1, -0.05) is 12.1 Å². The monoisotopic (exact) mass is 353 g/mol. The molecule has 1 saturated heterocycles. The molecule has 0 saturated carbocycles. The van der Waals surface area contributed by atoms with Crippen LogP contribution >= 0.6 is 0 Å². The van der Waals surface area contributed by atoms with Crippen LogP contribution in [0.15, 0.2) is 36.8 Å². The van der Waals surface area contributed by atoms with Gasteiger partial charge in [-0.15, -0.1) is 0 Å². The number of benzene rings is 1. The molecule has 9 heteroatoms. The van der Waals surface area contributed by atoms with E-state index in [2.05, 4.69) is 24.9 Å². The number of non-ortho nitro benzene ring substituents is 1. The molecule has 3 heterocycles. The first-order chi connectivity index (χ1) is 12.6. The topological polar surface area (TPSA) is 93.2 Å². The van der Waals surface area contributed by atoms with Crippen LogP contribution in [0.1, 0.15) is 5.56 Å². The fraction of sp³-hybridized carbons (Fsp3) is 0.353. The zero-order chi connectivity index (χ0) is 18.1. The number of nitro benzene ring substituents is 1. The van der Waals surface area contributed by atoms with Crippen LogP contribution in [0.5, 0.6) is 0 Å². The second kappa shape index (κ2) is 6.68. The van der Waals surface area contributed by atoms with Gasteiger partial charge in [-0.2, -0.15) is 5.10 Å². The van der Waals surface area contributed by atoms with Crippen molar-refractivity contribution in [2.75, 3.05) is 31.1 Å². The zero-order valence-electron chi connectivity index (χ0n) is 14.4. The Morgan fingerprint density at radius 2 is 1.85 bits per heavy atom. The highest BCUT2D eigenvalue weighted by Crippen LogP contribution is 2.23. The van der Waals surface area contributed by atoms with Gasteiger partial charge in [0.2, 0.25) is 0 Å². The van der Waals surface area contributed by atoms with E-state index in [9.17, 15) is 10.1 Å². The minimum atomic E-state index is -0.372. The molecule has 0 atom stereocenters. The number of piperazine rings is 1. The van der Waals surface area contributed by atoms with E-state index in [1.54, 1.807) is 23.1 Å². The van der Waals surface area contributed by atoms with Gasteiger partial charge in [0.05, 0.1) is 16.5 Å². The van der Waals surface area contributed by atoms with Gasteiger partial charge in [-0.3, -0.25) is 19.7 Å². The number of nitro groups is 1. The Hall–Kier alpha value is -3.07. The van der Waals surface area contributed by atoms with E-state index < -0.39 is 0 Å². The molecule has 1 aliphatic heterocycles. The summed E-state index contributed by atoms with van der Waals surface area (Å²) >= 11 is 0. The van der Waals surface area contributed by atoms with E-state index in [1.165, 1.54) is 0 Å². The van der Waals surface area contributed by atoms with E-state index >= 15 is 0 Å². The molecule has 1 aliphatic rings. The van der Waals surface area contributed by atoms with Crippen LogP contribution in [0, 0.1) is 10.1 Å². The van der Waals surface area contributed by atoms with E-state index in [0.29, 0.717) is 0 Å². The summed E-state index contributed by atoms with van der Waals surface area (Å²) in [5, 5.41) is 16.0. The standard InChI is InChI=1S/C17H19N7O2/c1-21-16-15(10-20-21)17(19-12-18-16)23-8-6-22(7-9-23)11-13-2-4-14(5-3-13)24(25)26/h2-5,10,12H,6-9,11H2,1H3. The van der Waals surface area contributed by atoms with Crippen molar-refractivity contribution in [3.8, 4) is 0 Å². The molecule has 0 N–H and O–H groups in total. The molecular weight excluding hydrogens is 334 g/mol. The van der Waals surface area contributed by atoms with Gasteiger partial charge in [0.25, 0.3) is 5.69 Å². The van der Waals surface area contributed by atoms with Gasteiger partial charge < -0.3 is 4.90 Å². The predicted octanol–water partition coefficient (Wildman–Crippen LogP) is 1.59. The molecule has 0 spiro atoms. The molecule has 0 bridgehead atoms. The Morgan fingerprint density at radius 1 is 1.12 bits per heavy atom. The molecule has 1 aromatic carbocycles. The third kappa shape index (κ3) is 3.08. The van der Waals surface area contributed by atoms with Crippen molar-refractivity contribution >= 4 is 22.5 Å². The van der Waals surface area contributed by atoms with Crippen molar-refractivity contribution in [1.82, 2.24) is 24.6 Å². The van der Waals surface area contributed by atoms with E-state index in [-0.39, 0.29) is 10.6 Å². The Bertz CT molecular complexity index is 930. The molecule has 1 fully saturated rings. The smallest absolute Gasteiger partial charge is 0.269 e. The fourth-order valence-electron chi connectivity index (χ4n) is 3.30. The molecule has 2 aromatic heterocycles. The first-order valence-electron chi connectivity index (χ1n) is 8.45. The molecule has 0 radical (unpaired) electrons. The lowest BCUT2D eigenvalue weighted by Gasteiger charge is -2.35. The number of aryl methyl sites for hydroxylation is 1. The number of anilines is 1. The van der Waals surface area contributed by atoms with Gasteiger partial charge in [-0.25, -0.2) is 9.97 Å². The van der Waals surface area contributed by atoms with E-state index in [0.717, 1.165) is 55.1 Å². The van der Waals surface area contributed by atoms with Gasteiger partial charge >= 0.3 is 0 Å². The number of aromatic nitrogens is 4. The first-order valence-corrected chi connectivity index (χ1v) is 8.45. The Morgan fingerprint density at radius 3 is 2.54 bits per heavy atom. The summed E-state index contributed by atoms with van der Waals surface area (Å²) in [4.78, 5) is 23.7. The minimum absolute atomic E-state index is 0.128. The molecule has 3 aromatic rings. The summed E-state index contributed by atoms with van der Waals surface area (Å²) in [6.07, 6.45) is 3.40. The van der Waals surface area contributed by atoms with Gasteiger partial charge in [0.15, 0.2) is 5.65 Å². The maximum Gasteiger partial charge on any atom is 0.269 e. The van der Waals surface area contributed by atoms with Crippen molar-refractivity contribution in [2.24, 2.45) is 7.05 Å². The SMILES string of the molecule is Cn1ncc2c(N3CCN(Cc4ccc([N+](=O)[O-])cc4)CC3)ncnc21. The number of fused-ring (bicyclic) bond motifs is 1. The number of rotatable bonds is 4. The van der Waals surface area contributed by atoms with E-state index in [4.69, 9.17) is 0 Å². The molecule has 0 amide bonds. The van der Waals surface area contributed by atoms with Crippen molar-refractivity contribution in [3.05, 3.63) is 52.5 Å². The summed E-state index contributed by atoms with van der Waals surface area (Å²) in [6.45, 7) is 4.34. The summed E-state index contributed by atoms with van der Waals surface area (Å²) in [5.74, 6) is 0.929. The van der Waals surface area contributed by atoms with Crippen LogP contribution in [0.2, 0.25) is 0 Å². The summed E-state index contributed by atoms with van der Waals surface area (Å²) in [6, 6.07) is 6.78. The largest absolute Gasteiger partial charge is 0.353 e. The Labute approximate surface area is 150 Å². The number of hydrogen-bond donors (Lipinski definition) is 0. The lowest BCUT2D eigenvalue weighted by Crippen LogP contribution is -2.46. The second-order valence-corrected chi connectivity index (χ2v) is 6.39. The maximum atomic E-state index is 10.7. The van der Waals surface area contributed by atoms with Crippen LogP contribution in [0.4, 0.5) is 11.5 Å². The Balaban J connectivity index is 1.41. The van der Waals surface area contributed by atoms with Crippen LogP contribution in [0.3, 0.4) is 0 Å². The third-order valence-corrected chi connectivity index (χ3v) is 4.73.